The minimum atomic E-state index is -0.304. The highest BCUT2D eigenvalue weighted by Crippen LogP contribution is 2.46. The van der Waals surface area contributed by atoms with Gasteiger partial charge >= 0.3 is 0 Å². The van der Waals surface area contributed by atoms with E-state index in [1.54, 1.807) is 0 Å². The van der Waals surface area contributed by atoms with Crippen LogP contribution in [0.2, 0.25) is 0 Å². The highest BCUT2D eigenvalue weighted by atomic mass is 79.9. The van der Waals surface area contributed by atoms with Crippen molar-refractivity contribution < 1.29 is 4.79 Å². The molecule has 2 rings (SSSR count). The van der Waals surface area contributed by atoms with E-state index in [9.17, 15) is 4.79 Å². The van der Waals surface area contributed by atoms with Gasteiger partial charge in [-0.25, -0.2) is 0 Å². The molecule has 1 fully saturated rings. The summed E-state index contributed by atoms with van der Waals surface area (Å²) in [6.45, 7) is 9.96. The second-order valence-electron chi connectivity index (χ2n) is 6.51. The number of amides is 1. The van der Waals surface area contributed by atoms with Crippen molar-refractivity contribution in [2.45, 2.75) is 38.6 Å². The van der Waals surface area contributed by atoms with Crippen molar-refractivity contribution in [2.75, 3.05) is 6.54 Å². The molecule has 0 radical (unpaired) electrons. The van der Waals surface area contributed by atoms with Gasteiger partial charge in [0.1, 0.15) is 0 Å². The number of likely N-dealkylation sites (tertiary alicyclic amines) is 1. The molecule has 1 heterocycles. The third-order valence-electron chi connectivity index (χ3n) is 4.16. The summed E-state index contributed by atoms with van der Waals surface area (Å²) in [6, 6.07) is 10.2. The summed E-state index contributed by atoms with van der Waals surface area (Å²) in [5.74, 6) is 0.574. The first-order valence-electron chi connectivity index (χ1n) is 6.75. The lowest BCUT2D eigenvalue weighted by molar-refractivity contribution is -0.135. The summed E-state index contributed by atoms with van der Waals surface area (Å²) >= 11 is 3.74. The second-order valence-corrected chi connectivity index (χ2v) is 8.55. The van der Waals surface area contributed by atoms with Gasteiger partial charge in [-0.15, -0.1) is 0 Å². The van der Waals surface area contributed by atoms with Crippen LogP contribution in [0.5, 0.6) is 0 Å². The summed E-state index contributed by atoms with van der Waals surface area (Å²) in [7, 11) is 0. The molecule has 104 valence electrons. The summed E-state index contributed by atoms with van der Waals surface area (Å²) in [5, 5.41) is 0. The van der Waals surface area contributed by atoms with E-state index in [2.05, 4.69) is 55.8 Å². The Morgan fingerprint density at radius 2 is 1.89 bits per heavy atom. The predicted molar refractivity (Wildman–Crippen MR) is 82.1 cm³/mol. The van der Waals surface area contributed by atoms with Crippen LogP contribution in [-0.4, -0.2) is 21.7 Å². The molecule has 1 aliphatic rings. The van der Waals surface area contributed by atoms with Gasteiger partial charge in [-0.2, -0.15) is 0 Å². The molecular weight excluding hydrogens is 302 g/mol. The number of hydrogen-bond donors (Lipinski definition) is 0. The molecule has 0 aromatic heterocycles. The molecular formula is C16H22BrNO. The maximum Gasteiger partial charge on any atom is 0.228 e. The molecule has 1 aliphatic heterocycles. The first kappa shape index (κ1) is 14.6. The zero-order chi connectivity index (χ0) is 14.3. The molecule has 19 heavy (non-hydrogen) atoms. The van der Waals surface area contributed by atoms with Gasteiger partial charge in [0.2, 0.25) is 5.91 Å². The highest BCUT2D eigenvalue weighted by molar-refractivity contribution is 9.10. The number of nitrogens with zero attached hydrogens (tertiary/aromatic N) is 1. The summed E-state index contributed by atoms with van der Waals surface area (Å²) in [6.07, 6.45) is 0. The lowest BCUT2D eigenvalue weighted by Gasteiger charge is -2.33. The molecule has 1 aromatic rings. The molecule has 1 aromatic carbocycles. The van der Waals surface area contributed by atoms with E-state index in [0.717, 1.165) is 6.54 Å². The van der Waals surface area contributed by atoms with Crippen molar-refractivity contribution in [1.82, 2.24) is 4.90 Å². The number of carbonyl (C=O) groups is 1. The summed E-state index contributed by atoms with van der Waals surface area (Å²) in [4.78, 5) is 14.6. The van der Waals surface area contributed by atoms with Crippen molar-refractivity contribution in [3.8, 4) is 0 Å². The molecule has 1 amide bonds. The molecule has 0 bridgehead atoms. The monoisotopic (exact) mass is 323 g/mol. The Labute approximate surface area is 124 Å². The van der Waals surface area contributed by atoms with Gasteiger partial charge in [0.25, 0.3) is 0 Å². The van der Waals surface area contributed by atoms with Crippen molar-refractivity contribution in [3.63, 3.8) is 0 Å². The maximum absolute atomic E-state index is 12.6. The molecule has 0 saturated carbocycles. The predicted octanol–water partition coefficient (Wildman–Crippen LogP) is 3.84. The van der Waals surface area contributed by atoms with Gasteiger partial charge in [-0.05, 0) is 19.4 Å². The molecule has 1 unspecified atom stereocenters. The van der Waals surface area contributed by atoms with Crippen molar-refractivity contribution in [2.24, 2.45) is 11.3 Å². The van der Waals surface area contributed by atoms with Crippen LogP contribution < -0.4 is 0 Å². The van der Waals surface area contributed by atoms with Gasteiger partial charge in [0, 0.05) is 28.7 Å². The minimum absolute atomic E-state index is 0.0302. The maximum atomic E-state index is 12.6. The van der Waals surface area contributed by atoms with Gasteiger partial charge < -0.3 is 4.90 Å². The van der Waals surface area contributed by atoms with Crippen LogP contribution in [0.3, 0.4) is 0 Å². The van der Waals surface area contributed by atoms with E-state index in [4.69, 9.17) is 0 Å². The number of benzene rings is 1. The van der Waals surface area contributed by atoms with Gasteiger partial charge in [0.05, 0.1) is 0 Å². The minimum Gasteiger partial charge on any atom is -0.338 e. The topological polar surface area (TPSA) is 20.3 Å². The van der Waals surface area contributed by atoms with E-state index in [-0.39, 0.29) is 15.6 Å². The van der Waals surface area contributed by atoms with Crippen LogP contribution in [-0.2, 0) is 11.3 Å². The Hall–Kier alpha value is -0.830. The van der Waals surface area contributed by atoms with Crippen LogP contribution in [0.25, 0.3) is 0 Å². The van der Waals surface area contributed by atoms with Gasteiger partial charge in [-0.1, -0.05) is 60.1 Å². The molecule has 1 atom stereocenters. The average Bonchev–Trinajstić information content (AvgIpc) is 2.54. The number of alkyl halides is 1. The van der Waals surface area contributed by atoms with E-state index in [0.29, 0.717) is 12.5 Å². The smallest absolute Gasteiger partial charge is 0.228 e. The molecule has 2 nitrogen and oxygen atoms in total. The van der Waals surface area contributed by atoms with E-state index < -0.39 is 0 Å². The van der Waals surface area contributed by atoms with Crippen LogP contribution in [0, 0.1) is 11.3 Å². The summed E-state index contributed by atoms with van der Waals surface area (Å²) in [5.41, 5.74) is 0.890. The second kappa shape index (κ2) is 4.93. The number of rotatable bonds is 3. The van der Waals surface area contributed by atoms with E-state index in [1.165, 1.54) is 5.56 Å². The normalized spacial score (nSPS) is 22.9. The highest BCUT2D eigenvalue weighted by Gasteiger charge is 2.52. The SMILES string of the molecule is CC(C)(Br)C1CN(Cc2ccccc2)C(=O)C1(C)C. The van der Waals surface area contributed by atoms with Crippen LogP contribution >= 0.6 is 15.9 Å². The van der Waals surface area contributed by atoms with Crippen LogP contribution in [0.4, 0.5) is 0 Å². The first-order chi connectivity index (χ1) is 8.73. The Balaban J connectivity index is 2.19. The standard InChI is InChI=1S/C16H22BrNO/c1-15(2)13(16(3,4)17)11-18(14(15)19)10-12-8-6-5-7-9-12/h5-9,13H,10-11H2,1-4H3. The first-order valence-corrected chi connectivity index (χ1v) is 7.54. The lowest BCUT2D eigenvalue weighted by Crippen LogP contribution is -2.37. The molecule has 0 aliphatic carbocycles. The fourth-order valence-corrected chi connectivity index (χ4v) is 3.82. The Bertz CT molecular complexity index is 461. The zero-order valence-corrected chi connectivity index (χ0v) is 13.7. The fraction of sp³-hybridized carbons (Fsp3) is 0.562. The quantitative estimate of drug-likeness (QED) is 0.774. The zero-order valence-electron chi connectivity index (χ0n) is 12.1. The molecule has 0 N–H and O–H groups in total. The van der Waals surface area contributed by atoms with Crippen molar-refractivity contribution in [3.05, 3.63) is 35.9 Å². The Kier molecular flexibility index (Phi) is 3.78. The average molecular weight is 324 g/mol. The number of carbonyl (C=O) groups excluding carboxylic acids is 1. The molecule has 3 heteroatoms. The molecule has 1 saturated heterocycles. The fourth-order valence-electron chi connectivity index (χ4n) is 3.10. The third-order valence-corrected chi connectivity index (χ3v) is 4.71. The number of halogens is 1. The van der Waals surface area contributed by atoms with Crippen molar-refractivity contribution in [1.29, 1.82) is 0 Å². The van der Waals surface area contributed by atoms with Gasteiger partial charge in [-0.3, -0.25) is 4.79 Å². The van der Waals surface area contributed by atoms with Crippen LogP contribution in [0.1, 0.15) is 33.3 Å². The molecule has 0 spiro atoms. The van der Waals surface area contributed by atoms with E-state index >= 15 is 0 Å². The lowest BCUT2D eigenvalue weighted by atomic mass is 9.75. The summed E-state index contributed by atoms with van der Waals surface area (Å²) < 4.78 is -0.0302. The van der Waals surface area contributed by atoms with E-state index in [1.807, 2.05) is 23.1 Å². The number of hydrogen-bond acceptors (Lipinski definition) is 1. The van der Waals surface area contributed by atoms with Crippen LogP contribution in [0.15, 0.2) is 30.3 Å². The Morgan fingerprint density at radius 1 is 1.32 bits per heavy atom. The third kappa shape index (κ3) is 2.86. The van der Waals surface area contributed by atoms with Gasteiger partial charge in [0.15, 0.2) is 0 Å². The van der Waals surface area contributed by atoms with Crippen molar-refractivity contribution >= 4 is 21.8 Å². The Morgan fingerprint density at radius 3 is 2.37 bits per heavy atom. The largest absolute Gasteiger partial charge is 0.338 e.